The maximum absolute atomic E-state index is 13.1. The SMILES string of the molecule is CCOC1CCC(CNC(=O)N(C)CC2CCN(CC(O)c3ccc(F)cc3)CC2)CC1. The molecule has 0 aromatic heterocycles. The summed E-state index contributed by atoms with van der Waals surface area (Å²) in [7, 11) is 1.88. The molecule has 2 fully saturated rings. The molecule has 1 heterocycles. The van der Waals surface area contributed by atoms with Gasteiger partial charge in [-0.3, -0.25) is 0 Å². The predicted octanol–water partition coefficient (Wildman–Crippen LogP) is 3.81. The summed E-state index contributed by atoms with van der Waals surface area (Å²) >= 11 is 0. The Balaban J connectivity index is 1.31. The first-order valence-electron chi connectivity index (χ1n) is 12.2. The van der Waals surface area contributed by atoms with E-state index >= 15 is 0 Å². The molecule has 1 aromatic rings. The molecule has 1 saturated carbocycles. The largest absolute Gasteiger partial charge is 0.387 e. The minimum absolute atomic E-state index is 0.0195. The molecule has 1 unspecified atom stereocenters. The molecule has 7 heteroatoms. The number of aliphatic hydroxyl groups excluding tert-OH is 1. The van der Waals surface area contributed by atoms with Crippen LogP contribution in [-0.2, 0) is 4.74 Å². The summed E-state index contributed by atoms with van der Waals surface area (Å²) in [5, 5.41) is 13.5. The van der Waals surface area contributed by atoms with E-state index in [0.717, 1.165) is 76.9 Å². The highest BCUT2D eigenvalue weighted by Crippen LogP contribution is 2.26. The Kier molecular flexibility index (Phi) is 9.75. The van der Waals surface area contributed by atoms with Gasteiger partial charge >= 0.3 is 6.03 Å². The second-order valence-corrected chi connectivity index (χ2v) is 9.48. The number of likely N-dealkylation sites (tertiary alicyclic amines) is 1. The highest BCUT2D eigenvalue weighted by Gasteiger charge is 2.25. The van der Waals surface area contributed by atoms with Crippen molar-refractivity contribution in [2.24, 2.45) is 11.8 Å². The van der Waals surface area contributed by atoms with Crippen molar-refractivity contribution in [2.75, 3.05) is 46.4 Å². The number of nitrogens with one attached hydrogen (secondary N) is 1. The van der Waals surface area contributed by atoms with Crippen LogP contribution >= 0.6 is 0 Å². The van der Waals surface area contributed by atoms with E-state index in [-0.39, 0.29) is 11.8 Å². The van der Waals surface area contributed by atoms with Crippen LogP contribution in [0.1, 0.15) is 57.1 Å². The number of carbonyl (C=O) groups excluding carboxylic acids is 1. The molecule has 1 saturated heterocycles. The minimum atomic E-state index is -0.607. The fourth-order valence-corrected chi connectivity index (χ4v) is 4.96. The normalized spacial score (nSPS) is 23.6. The van der Waals surface area contributed by atoms with E-state index in [2.05, 4.69) is 10.2 Å². The van der Waals surface area contributed by atoms with Gasteiger partial charge in [-0.1, -0.05) is 12.1 Å². The number of amides is 2. The van der Waals surface area contributed by atoms with Crippen molar-refractivity contribution in [3.63, 3.8) is 0 Å². The van der Waals surface area contributed by atoms with Gasteiger partial charge in [-0.15, -0.1) is 0 Å². The number of halogens is 1. The number of rotatable bonds is 9. The fraction of sp³-hybridized carbons (Fsp3) is 0.720. The third-order valence-electron chi connectivity index (χ3n) is 7.01. The van der Waals surface area contributed by atoms with Gasteiger partial charge in [0.25, 0.3) is 0 Å². The Hall–Kier alpha value is -1.70. The highest BCUT2D eigenvalue weighted by molar-refractivity contribution is 5.73. The number of hydrogen-bond acceptors (Lipinski definition) is 4. The number of piperidine rings is 1. The van der Waals surface area contributed by atoms with Gasteiger partial charge in [0, 0.05) is 33.3 Å². The van der Waals surface area contributed by atoms with Crippen LogP contribution in [0.3, 0.4) is 0 Å². The molecule has 0 bridgehead atoms. The van der Waals surface area contributed by atoms with E-state index in [1.165, 1.54) is 12.1 Å². The zero-order chi connectivity index (χ0) is 22.9. The van der Waals surface area contributed by atoms with Crippen molar-refractivity contribution in [3.8, 4) is 0 Å². The summed E-state index contributed by atoms with van der Waals surface area (Å²) in [6.07, 6.45) is 6.25. The predicted molar refractivity (Wildman–Crippen MR) is 124 cm³/mol. The second kappa shape index (κ2) is 12.5. The average molecular weight is 450 g/mol. The number of carbonyl (C=O) groups is 1. The Bertz CT molecular complexity index is 686. The van der Waals surface area contributed by atoms with Gasteiger partial charge in [-0.25, -0.2) is 9.18 Å². The molecule has 2 aliphatic rings. The molecule has 6 nitrogen and oxygen atoms in total. The van der Waals surface area contributed by atoms with Crippen LogP contribution < -0.4 is 5.32 Å². The Morgan fingerprint density at radius 3 is 2.44 bits per heavy atom. The summed E-state index contributed by atoms with van der Waals surface area (Å²) in [5.74, 6) is 0.746. The number of hydrogen-bond donors (Lipinski definition) is 2. The number of ether oxygens (including phenoxy) is 1. The van der Waals surface area contributed by atoms with Crippen LogP contribution in [-0.4, -0.2) is 73.4 Å². The molecule has 2 N–H and O–H groups in total. The van der Waals surface area contributed by atoms with Gasteiger partial charge in [0.2, 0.25) is 0 Å². The first kappa shape index (κ1) is 24.9. The summed E-state index contributed by atoms with van der Waals surface area (Å²) in [4.78, 5) is 16.6. The van der Waals surface area contributed by atoms with Crippen LogP contribution in [0.4, 0.5) is 9.18 Å². The van der Waals surface area contributed by atoms with Crippen molar-refractivity contribution in [2.45, 2.75) is 57.7 Å². The first-order chi connectivity index (χ1) is 15.4. The van der Waals surface area contributed by atoms with Gasteiger partial charge in [0.15, 0.2) is 0 Å². The van der Waals surface area contributed by atoms with Gasteiger partial charge in [-0.05, 0) is 88.1 Å². The average Bonchev–Trinajstić information content (AvgIpc) is 2.80. The highest BCUT2D eigenvalue weighted by atomic mass is 19.1. The Morgan fingerprint density at radius 1 is 1.16 bits per heavy atom. The molecule has 0 radical (unpaired) electrons. The van der Waals surface area contributed by atoms with Gasteiger partial charge in [0.05, 0.1) is 12.2 Å². The number of nitrogens with zero attached hydrogens (tertiary/aromatic N) is 2. The lowest BCUT2D eigenvalue weighted by Gasteiger charge is -2.35. The van der Waals surface area contributed by atoms with Crippen molar-refractivity contribution in [1.29, 1.82) is 0 Å². The number of benzene rings is 1. The zero-order valence-electron chi connectivity index (χ0n) is 19.6. The van der Waals surface area contributed by atoms with Crippen molar-refractivity contribution in [3.05, 3.63) is 35.6 Å². The molecule has 1 aliphatic carbocycles. The van der Waals surface area contributed by atoms with Gasteiger partial charge in [-0.2, -0.15) is 0 Å². The van der Waals surface area contributed by atoms with Crippen LogP contribution in [0, 0.1) is 17.7 Å². The van der Waals surface area contributed by atoms with Gasteiger partial charge in [0.1, 0.15) is 5.82 Å². The van der Waals surface area contributed by atoms with Crippen LogP contribution in [0.2, 0.25) is 0 Å². The third kappa shape index (κ3) is 7.71. The fourth-order valence-electron chi connectivity index (χ4n) is 4.96. The standard InChI is InChI=1S/C25H40FN3O3/c1-3-32-23-10-4-19(5-11-23)16-27-25(31)28(2)17-20-12-14-29(15-13-20)18-24(30)21-6-8-22(26)9-7-21/h6-9,19-20,23-24,30H,3-5,10-18H2,1-2H3,(H,27,31). The molecule has 1 atom stereocenters. The molecule has 0 spiro atoms. The van der Waals surface area contributed by atoms with E-state index in [1.54, 1.807) is 12.1 Å². The quantitative estimate of drug-likeness (QED) is 0.602. The van der Waals surface area contributed by atoms with Gasteiger partial charge < -0.3 is 25.0 Å². The maximum atomic E-state index is 13.1. The number of β-amino-alcohol motifs (C(OH)–C–C–N with tert-alkyl or cyclic N) is 1. The lowest BCUT2D eigenvalue weighted by Crippen LogP contribution is -2.44. The van der Waals surface area contributed by atoms with Crippen LogP contribution in [0.25, 0.3) is 0 Å². The molecule has 32 heavy (non-hydrogen) atoms. The lowest BCUT2D eigenvalue weighted by atomic mass is 9.87. The van der Waals surface area contributed by atoms with Crippen molar-refractivity contribution in [1.82, 2.24) is 15.1 Å². The van der Waals surface area contributed by atoms with Crippen molar-refractivity contribution >= 4 is 6.03 Å². The lowest BCUT2D eigenvalue weighted by molar-refractivity contribution is 0.0259. The van der Waals surface area contributed by atoms with Crippen LogP contribution in [0.15, 0.2) is 24.3 Å². The first-order valence-corrected chi connectivity index (χ1v) is 12.2. The second-order valence-electron chi connectivity index (χ2n) is 9.48. The molecule has 3 rings (SSSR count). The molecular weight excluding hydrogens is 409 g/mol. The summed E-state index contributed by atoms with van der Waals surface area (Å²) in [6, 6.07) is 6.08. The van der Waals surface area contributed by atoms with E-state index in [9.17, 15) is 14.3 Å². The Labute approximate surface area is 192 Å². The molecule has 1 aliphatic heterocycles. The molecule has 180 valence electrons. The molecule has 2 amide bonds. The zero-order valence-corrected chi connectivity index (χ0v) is 19.6. The number of aliphatic hydroxyl groups is 1. The van der Waals surface area contributed by atoms with E-state index in [1.807, 2.05) is 18.9 Å². The molecule has 1 aromatic carbocycles. The van der Waals surface area contributed by atoms with E-state index in [0.29, 0.717) is 24.5 Å². The third-order valence-corrected chi connectivity index (χ3v) is 7.01. The maximum Gasteiger partial charge on any atom is 0.317 e. The topological polar surface area (TPSA) is 65.0 Å². The minimum Gasteiger partial charge on any atom is -0.387 e. The number of urea groups is 1. The monoisotopic (exact) mass is 449 g/mol. The molecular formula is C25H40FN3O3. The summed E-state index contributed by atoms with van der Waals surface area (Å²) in [6.45, 7) is 6.70. The van der Waals surface area contributed by atoms with E-state index in [4.69, 9.17) is 4.74 Å². The summed E-state index contributed by atoms with van der Waals surface area (Å²) < 4.78 is 18.8. The van der Waals surface area contributed by atoms with Crippen molar-refractivity contribution < 1.29 is 19.0 Å². The summed E-state index contributed by atoms with van der Waals surface area (Å²) in [5.41, 5.74) is 0.747. The Morgan fingerprint density at radius 2 is 1.81 bits per heavy atom. The van der Waals surface area contributed by atoms with Crippen LogP contribution in [0.5, 0.6) is 0 Å². The smallest absolute Gasteiger partial charge is 0.317 e. The van der Waals surface area contributed by atoms with E-state index < -0.39 is 6.10 Å².